The molecule has 0 aromatic heterocycles. The fraction of sp³-hybridized carbons (Fsp3) is 0.250. The highest BCUT2D eigenvalue weighted by Crippen LogP contribution is 2.34. The van der Waals surface area contributed by atoms with E-state index >= 15 is 0 Å². The maximum atomic E-state index is 12.3. The average molecular weight is 290 g/mol. The van der Waals surface area contributed by atoms with E-state index in [0.717, 1.165) is 17.0 Å². The second-order valence-electron chi connectivity index (χ2n) is 4.55. The van der Waals surface area contributed by atoms with Gasteiger partial charge in [-0.15, -0.1) is 0 Å². The van der Waals surface area contributed by atoms with Crippen molar-refractivity contribution in [2.75, 3.05) is 19.5 Å². The standard InChI is InChI=1S/C16H19FN2S/c1-19-11-13-4-2-3-5-15(13)20-16-7-6-12(8-9-17)10-14(16)18/h2-7,10,19H,8-9,11,18H2,1H3. The molecule has 0 spiro atoms. The molecule has 0 amide bonds. The summed E-state index contributed by atoms with van der Waals surface area (Å²) in [6.45, 7) is 0.472. The quantitative estimate of drug-likeness (QED) is 0.798. The predicted molar refractivity (Wildman–Crippen MR) is 83.9 cm³/mol. The van der Waals surface area contributed by atoms with Gasteiger partial charge in [-0.2, -0.15) is 0 Å². The highest BCUT2D eigenvalue weighted by Gasteiger charge is 2.07. The van der Waals surface area contributed by atoms with Gasteiger partial charge >= 0.3 is 0 Å². The van der Waals surface area contributed by atoms with Crippen LogP contribution in [0.25, 0.3) is 0 Å². The van der Waals surface area contributed by atoms with Crippen LogP contribution in [0.3, 0.4) is 0 Å². The molecule has 0 atom stereocenters. The molecule has 106 valence electrons. The molecule has 0 bridgehead atoms. The van der Waals surface area contributed by atoms with Crippen molar-refractivity contribution in [2.24, 2.45) is 0 Å². The number of hydrogen-bond acceptors (Lipinski definition) is 3. The van der Waals surface area contributed by atoms with Crippen molar-refractivity contribution in [1.82, 2.24) is 5.32 Å². The number of benzene rings is 2. The molecule has 0 unspecified atom stereocenters. The molecular formula is C16H19FN2S. The van der Waals surface area contributed by atoms with Gasteiger partial charge in [0.1, 0.15) is 0 Å². The van der Waals surface area contributed by atoms with Crippen LogP contribution in [0.1, 0.15) is 11.1 Å². The number of nitrogens with one attached hydrogen (secondary N) is 1. The number of alkyl halides is 1. The molecule has 0 saturated carbocycles. The summed E-state index contributed by atoms with van der Waals surface area (Å²) >= 11 is 1.65. The summed E-state index contributed by atoms with van der Waals surface area (Å²) in [6, 6.07) is 14.0. The predicted octanol–water partition coefficient (Wildman–Crippen LogP) is 3.65. The van der Waals surface area contributed by atoms with E-state index in [9.17, 15) is 4.39 Å². The Morgan fingerprint density at radius 3 is 2.65 bits per heavy atom. The van der Waals surface area contributed by atoms with Crippen LogP contribution in [0.2, 0.25) is 0 Å². The first-order valence-electron chi connectivity index (χ1n) is 6.59. The molecule has 2 aromatic rings. The smallest absolute Gasteiger partial charge is 0.0934 e. The number of anilines is 1. The molecule has 0 aliphatic carbocycles. The number of rotatable bonds is 6. The van der Waals surface area contributed by atoms with Gasteiger partial charge < -0.3 is 11.1 Å². The Hall–Kier alpha value is -1.52. The third-order valence-electron chi connectivity index (χ3n) is 3.02. The Balaban J connectivity index is 2.21. The van der Waals surface area contributed by atoms with E-state index in [4.69, 9.17) is 5.73 Å². The molecule has 20 heavy (non-hydrogen) atoms. The van der Waals surface area contributed by atoms with Crippen molar-refractivity contribution in [2.45, 2.75) is 22.8 Å². The fourth-order valence-electron chi connectivity index (χ4n) is 2.01. The molecule has 0 radical (unpaired) electrons. The maximum Gasteiger partial charge on any atom is 0.0934 e. The highest BCUT2D eigenvalue weighted by atomic mass is 32.2. The number of nitrogen functional groups attached to an aromatic ring is 1. The molecule has 0 fully saturated rings. The topological polar surface area (TPSA) is 38.0 Å². The van der Waals surface area contributed by atoms with Crippen molar-refractivity contribution in [3.8, 4) is 0 Å². The van der Waals surface area contributed by atoms with E-state index in [1.165, 1.54) is 10.5 Å². The summed E-state index contributed by atoms with van der Waals surface area (Å²) in [6.07, 6.45) is 0.422. The van der Waals surface area contributed by atoms with Gasteiger partial charge in [0.2, 0.25) is 0 Å². The lowest BCUT2D eigenvalue weighted by atomic mass is 10.1. The molecule has 0 aliphatic heterocycles. The van der Waals surface area contributed by atoms with Gasteiger partial charge in [0, 0.05) is 28.4 Å². The summed E-state index contributed by atoms with van der Waals surface area (Å²) in [5.74, 6) is 0. The monoisotopic (exact) mass is 290 g/mol. The van der Waals surface area contributed by atoms with Crippen LogP contribution in [0.5, 0.6) is 0 Å². The van der Waals surface area contributed by atoms with Crippen LogP contribution >= 0.6 is 11.8 Å². The van der Waals surface area contributed by atoms with E-state index < -0.39 is 0 Å². The number of halogens is 1. The van der Waals surface area contributed by atoms with E-state index in [0.29, 0.717) is 12.1 Å². The maximum absolute atomic E-state index is 12.3. The first-order valence-corrected chi connectivity index (χ1v) is 7.41. The van der Waals surface area contributed by atoms with Crippen LogP contribution in [0.15, 0.2) is 52.3 Å². The van der Waals surface area contributed by atoms with Crippen molar-refractivity contribution in [3.63, 3.8) is 0 Å². The molecule has 2 nitrogen and oxygen atoms in total. The number of nitrogens with two attached hydrogens (primary N) is 1. The lowest BCUT2D eigenvalue weighted by molar-refractivity contribution is 0.495. The minimum absolute atomic E-state index is 0.350. The van der Waals surface area contributed by atoms with E-state index in [1.54, 1.807) is 11.8 Å². The second-order valence-corrected chi connectivity index (χ2v) is 5.64. The zero-order chi connectivity index (χ0) is 14.4. The van der Waals surface area contributed by atoms with Gasteiger partial charge in [-0.25, -0.2) is 0 Å². The number of aryl methyl sites for hydroxylation is 1. The van der Waals surface area contributed by atoms with Crippen molar-refractivity contribution in [1.29, 1.82) is 0 Å². The minimum atomic E-state index is -0.350. The van der Waals surface area contributed by atoms with Crippen LogP contribution in [0.4, 0.5) is 10.1 Å². The molecule has 0 aliphatic rings. The van der Waals surface area contributed by atoms with Gasteiger partial charge in [-0.3, -0.25) is 4.39 Å². The van der Waals surface area contributed by atoms with E-state index in [1.807, 2.05) is 37.4 Å². The van der Waals surface area contributed by atoms with Gasteiger partial charge in [0.25, 0.3) is 0 Å². The zero-order valence-electron chi connectivity index (χ0n) is 11.5. The third kappa shape index (κ3) is 3.74. The normalized spacial score (nSPS) is 10.7. The van der Waals surface area contributed by atoms with Gasteiger partial charge in [0.15, 0.2) is 0 Å². The Labute approximate surface area is 123 Å². The summed E-state index contributed by atoms with van der Waals surface area (Å²) in [7, 11) is 1.93. The van der Waals surface area contributed by atoms with Crippen LogP contribution in [-0.2, 0) is 13.0 Å². The largest absolute Gasteiger partial charge is 0.398 e. The molecule has 4 heteroatoms. The molecule has 2 rings (SSSR count). The molecule has 0 heterocycles. The van der Waals surface area contributed by atoms with Crippen molar-refractivity contribution < 1.29 is 4.39 Å². The average Bonchev–Trinajstić information content (AvgIpc) is 2.44. The number of hydrogen-bond donors (Lipinski definition) is 2. The Kier molecular flexibility index (Phi) is 5.44. The highest BCUT2D eigenvalue weighted by molar-refractivity contribution is 7.99. The SMILES string of the molecule is CNCc1ccccc1Sc1ccc(CCF)cc1N. The minimum Gasteiger partial charge on any atom is -0.398 e. The van der Waals surface area contributed by atoms with Gasteiger partial charge in [0.05, 0.1) is 6.67 Å². The van der Waals surface area contributed by atoms with Crippen LogP contribution < -0.4 is 11.1 Å². The lowest BCUT2D eigenvalue weighted by Crippen LogP contribution is -2.05. The van der Waals surface area contributed by atoms with Crippen molar-refractivity contribution >= 4 is 17.4 Å². The first-order chi connectivity index (χ1) is 9.74. The molecule has 3 N–H and O–H groups in total. The lowest BCUT2D eigenvalue weighted by Gasteiger charge is -2.11. The summed E-state index contributed by atoms with van der Waals surface area (Å²) < 4.78 is 12.3. The summed E-state index contributed by atoms with van der Waals surface area (Å²) in [5.41, 5.74) is 8.96. The van der Waals surface area contributed by atoms with E-state index in [2.05, 4.69) is 17.4 Å². The Morgan fingerprint density at radius 2 is 1.95 bits per heavy atom. The summed E-state index contributed by atoms with van der Waals surface area (Å²) in [5, 5.41) is 3.16. The van der Waals surface area contributed by atoms with Crippen LogP contribution in [-0.4, -0.2) is 13.7 Å². The van der Waals surface area contributed by atoms with Gasteiger partial charge in [-0.05, 0) is 36.4 Å². The van der Waals surface area contributed by atoms with Crippen LogP contribution in [0, 0.1) is 0 Å². The first kappa shape index (κ1) is 14.9. The fourth-order valence-corrected chi connectivity index (χ4v) is 2.98. The third-order valence-corrected chi connectivity index (χ3v) is 4.23. The van der Waals surface area contributed by atoms with Gasteiger partial charge in [-0.1, -0.05) is 36.0 Å². The molecular weight excluding hydrogens is 271 g/mol. The van der Waals surface area contributed by atoms with Crippen molar-refractivity contribution in [3.05, 3.63) is 53.6 Å². The second kappa shape index (κ2) is 7.31. The van der Waals surface area contributed by atoms with E-state index in [-0.39, 0.29) is 6.67 Å². The summed E-state index contributed by atoms with van der Waals surface area (Å²) in [4.78, 5) is 2.20. The zero-order valence-corrected chi connectivity index (χ0v) is 12.3. The molecule has 0 saturated heterocycles. The Morgan fingerprint density at radius 1 is 1.15 bits per heavy atom. The Bertz CT molecular complexity index is 572. The molecule has 2 aromatic carbocycles.